The van der Waals surface area contributed by atoms with E-state index in [1.54, 1.807) is 0 Å². The molecule has 7 heteroatoms. The van der Waals surface area contributed by atoms with Gasteiger partial charge in [0.15, 0.2) is 0 Å². The summed E-state index contributed by atoms with van der Waals surface area (Å²) in [7, 11) is 0. The van der Waals surface area contributed by atoms with Crippen LogP contribution in [0.4, 0.5) is 9.59 Å². The topological polar surface area (TPSA) is 144 Å². The van der Waals surface area contributed by atoms with Crippen LogP contribution >= 0.6 is 0 Å². The second-order valence-corrected chi connectivity index (χ2v) is 0.676. The van der Waals surface area contributed by atoms with Crippen LogP contribution < -0.4 is 11.5 Å². The number of carbonyl (C=O) groups is 3. The summed E-state index contributed by atoms with van der Waals surface area (Å²) in [5, 5.41) is 14.4. The average Bonchev–Trinajstić information content (AvgIpc) is 1.66. The zero-order valence-electron chi connectivity index (χ0n) is 4.98. The van der Waals surface area contributed by atoms with E-state index < -0.39 is 12.2 Å². The van der Waals surface area contributed by atoms with Gasteiger partial charge in [-0.25, -0.2) is 9.59 Å². The van der Waals surface area contributed by atoms with E-state index in [1.165, 1.54) is 0 Å². The summed E-state index contributed by atoms with van der Waals surface area (Å²) >= 11 is 0. The summed E-state index contributed by atoms with van der Waals surface area (Å²) < 4.78 is 0. The Kier molecular flexibility index (Phi) is 24.7. The van der Waals surface area contributed by atoms with Gasteiger partial charge in [-0.2, -0.15) is 0 Å². The SMILES string of the molecule is C=O.NC(=O)O.NC(=O)O. The molecular weight excluding hydrogens is 144 g/mol. The number of nitrogens with two attached hydrogens (primary N) is 2. The normalized spacial score (nSPS) is 5.20. The molecule has 0 unspecified atom stereocenters. The van der Waals surface area contributed by atoms with Crippen LogP contribution in [0.15, 0.2) is 0 Å². The smallest absolute Gasteiger partial charge is 0.402 e. The molecule has 0 aromatic rings. The summed E-state index contributed by atoms with van der Waals surface area (Å²) in [5.74, 6) is 0. The Morgan fingerprint density at radius 1 is 1.00 bits per heavy atom. The lowest BCUT2D eigenvalue weighted by atomic mass is 11.3. The van der Waals surface area contributed by atoms with E-state index >= 15 is 0 Å². The van der Waals surface area contributed by atoms with E-state index in [0.29, 0.717) is 0 Å². The third-order valence-corrected chi connectivity index (χ3v) is 0. The minimum absolute atomic E-state index is 1.33. The molecule has 0 saturated heterocycles. The zero-order chi connectivity index (χ0) is 9.15. The Bertz CT molecular complexity index is 83.1. The minimum atomic E-state index is -1.33. The van der Waals surface area contributed by atoms with E-state index in [2.05, 4.69) is 11.5 Å². The van der Waals surface area contributed by atoms with E-state index in [9.17, 15) is 0 Å². The predicted octanol–water partition coefficient (Wildman–Crippen LogP) is -0.939. The maximum atomic E-state index is 8.78. The molecule has 6 N–H and O–H groups in total. The molecule has 0 fully saturated rings. The number of hydrogen-bond acceptors (Lipinski definition) is 3. The monoisotopic (exact) mass is 152 g/mol. The van der Waals surface area contributed by atoms with Crippen LogP contribution in [0.25, 0.3) is 0 Å². The fraction of sp³-hybridized carbons (Fsp3) is 0. The first-order valence-corrected chi connectivity index (χ1v) is 1.72. The molecule has 0 heterocycles. The molecule has 10 heavy (non-hydrogen) atoms. The molecule has 0 rings (SSSR count). The Hall–Kier alpha value is -1.79. The van der Waals surface area contributed by atoms with Gasteiger partial charge in [0.2, 0.25) is 0 Å². The molecule has 2 amide bonds. The fourth-order valence-electron chi connectivity index (χ4n) is 0. The van der Waals surface area contributed by atoms with E-state index in [4.69, 9.17) is 24.6 Å². The van der Waals surface area contributed by atoms with Crippen LogP contribution in [0, 0.1) is 0 Å². The van der Waals surface area contributed by atoms with Crippen molar-refractivity contribution in [3.05, 3.63) is 0 Å². The molecule has 0 aliphatic rings. The van der Waals surface area contributed by atoms with Crippen molar-refractivity contribution in [1.29, 1.82) is 0 Å². The van der Waals surface area contributed by atoms with Crippen LogP contribution in [0.5, 0.6) is 0 Å². The first kappa shape index (κ1) is 15.7. The summed E-state index contributed by atoms with van der Waals surface area (Å²) in [4.78, 5) is 25.6. The van der Waals surface area contributed by atoms with Gasteiger partial charge in [-0.15, -0.1) is 0 Å². The standard InChI is InChI=1S/2CH3NO2.CH2O/c2*2-1(3)4;1-2/h2*2H2,(H,3,4);1H2. The lowest BCUT2D eigenvalue weighted by molar-refractivity contribution is -0.0980. The molecule has 7 nitrogen and oxygen atoms in total. The Morgan fingerprint density at radius 2 is 1.00 bits per heavy atom. The van der Waals surface area contributed by atoms with Crippen molar-refractivity contribution in [1.82, 2.24) is 0 Å². The summed E-state index contributed by atoms with van der Waals surface area (Å²) in [5.41, 5.74) is 8.06. The lowest BCUT2D eigenvalue weighted by Crippen LogP contribution is -2.03. The van der Waals surface area contributed by atoms with Crippen molar-refractivity contribution in [2.75, 3.05) is 0 Å². The van der Waals surface area contributed by atoms with Gasteiger partial charge in [0.1, 0.15) is 6.79 Å². The van der Waals surface area contributed by atoms with Crippen molar-refractivity contribution in [2.24, 2.45) is 11.5 Å². The average molecular weight is 152 g/mol. The molecule has 0 spiro atoms. The Balaban J connectivity index is -0.0000000787. The van der Waals surface area contributed by atoms with Crippen molar-refractivity contribution in [3.63, 3.8) is 0 Å². The molecular formula is C3H8N2O5. The van der Waals surface area contributed by atoms with Gasteiger partial charge in [-0.1, -0.05) is 0 Å². The highest BCUT2D eigenvalue weighted by Gasteiger charge is 1.65. The minimum Gasteiger partial charge on any atom is -0.465 e. The summed E-state index contributed by atoms with van der Waals surface area (Å²) in [6, 6.07) is 0. The number of amides is 2. The molecule has 0 saturated carbocycles. The van der Waals surface area contributed by atoms with E-state index in [0.717, 1.165) is 0 Å². The maximum absolute atomic E-state index is 8.78. The third kappa shape index (κ3) is 52.6. The zero-order valence-corrected chi connectivity index (χ0v) is 4.98. The van der Waals surface area contributed by atoms with Crippen LogP contribution in [-0.2, 0) is 4.79 Å². The van der Waals surface area contributed by atoms with Crippen molar-refractivity contribution in [3.8, 4) is 0 Å². The fourth-order valence-corrected chi connectivity index (χ4v) is 0. The third-order valence-electron chi connectivity index (χ3n) is 0. The molecule has 60 valence electrons. The second-order valence-electron chi connectivity index (χ2n) is 0.676. The van der Waals surface area contributed by atoms with Gasteiger partial charge >= 0.3 is 12.2 Å². The van der Waals surface area contributed by atoms with E-state index in [-0.39, 0.29) is 0 Å². The number of carbonyl (C=O) groups excluding carboxylic acids is 1. The molecule has 0 atom stereocenters. The first-order valence-electron chi connectivity index (χ1n) is 1.72. The van der Waals surface area contributed by atoms with Gasteiger partial charge in [-0.05, 0) is 0 Å². The van der Waals surface area contributed by atoms with Crippen LogP contribution in [0.2, 0.25) is 0 Å². The van der Waals surface area contributed by atoms with Crippen LogP contribution in [0.1, 0.15) is 0 Å². The Morgan fingerprint density at radius 3 is 1.00 bits per heavy atom. The highest BCUT2D eigenvalue weighted by molar-refractivity contribution is 5.61. The molecule has 0 aromatic heterocycles. The van der Waals surface area contributed by atoms with Gasteiger partial charge in [-0.3, -0.25) is 0 Å². The Labute approximate surface area is 56.2 Å². The van der Waals surface area contributed by atoms with Gasteiger partial charge in [0.05, 0.1) is 0 Å². The quantitative estimate of drug-likeness (QED) is 0.354. The predicted molar refractivity (Wildman–Crippen MR) is 31.5 cm³/mol. The van der Waals surface area contributed by atoms with Crippen LogP contribution in [0.3, 0.4) is 0 Å². The second kappa shape index (κ2) is 15.7. The summed E-state index contributed by atoms with van der Waals surface area (Å²) in [6.45, 7) is 2.00. The van der Waals surface area contributed by atoms with Crippen molar-refractivity contribution >= 4 is 19.0 Å². The van der Waals surface area contributed by atoms with Crippen molar-refractivity contribution in [2.45, 2.75) is 0 Å². The van der Waals surface area contributed by atoms with Gasteiger partial charge in [0.25, 0.3) is 0 Å². The molecule has 0 aliphatic carbocycles. The first-order chi connectivity index (χ1) is 4.46. The summed E-state index contributed by atoms with van der Waals surface area (Å²) in [6.07, 6.45) is -2.67. The van der Waals surface area contributed by atoms with Gasteiger partial charge in [0, 0.05) is 0 Å². The highest BCUT2D eigenvalue weighted by atomic mass is 16.4. The van der Waals surface area contributed by atoms with Crippen molar-refractivity contribution < 1.29 is 24.6 Å². The largest absolute Gasteiger partial charge is 0.465 e. The molecule has 0 radical (unpaired) electrons. The number of rotatable bonds is 0. The number of hydrogen-bond donors (Lipinski definition) is 4. The lowest BCUT2D eigenvalue weighted by Gasteiger charge is -1.61. The molecule has 0 aliphatic heterocycles. The van der Waals surface area contributed by atoms with Crippen LogP contribution in [-0.4, -0.2) is 29.2 Å². The van der Waals surface area contributed by atoms with Gasteiger partial charge < -0.3 is 26.5 Å². The van der Waals surface area contributed by atoms with E-state index in [1.807, 2.05) is 6.79 Å². The number of carboxylic acid groups (broad SMARTS) is 2. The molecule has 0 bridgehead atoms. The molecule has 0 aromatic carbocycles. The highest BCUT2D eigenvalue weighted by Crippen LogP contribution is 1.35. The maximum Gasteiger partial charge on any atom is 0.402 e. The number of primary amides is 2.